The number of aryl methyl sites for hydroxylation is 2. The van der Waals surface area contributed by atoms with Gasteiger partial charge in [0.25, 0.3) is 0 Å². The minimum atomic E-state index is 0.265. The molecule has 0 amide bonds. The van der Waals surface area contributed by atoms with Crippen LogP contribution in [-0.2, 0) is 11.2 Å². The number of rotatable bonds is 3. The molecule has 0 aromatic heterocycles. The second-order valence-corrected chi connectivity index (χ2v) is 3.56. The van der Waals surface area contributed by atoms with E-state index in [0.717, 1.165) is 6.42 Å². The Morgan fingerprint density at radius 3 is 2.62 bits per heavy atom. The van der Waals surface area contributed by atoms with Gasteiger partial charge in [-0.3, -0.25) is 0 Å². The standard InChI is InChI=1S/C12H16O/c1-9-5-4-6-12(11(9)3)8-7-10(2)13/h4-6H,7-8H2,1-3H3. The zero-order valence-electron chi connectivity index (χ0n) is 8.55. The molecule has 1 nitrogen and oxygen atoms in total. The van der Waals surface area contributed by atoms with Crippen LogP contribution in [-0.4, -0.2) is 5.78 Å². The molecule has 0 saturated carbocycles. The number of carbonyl (C=O) groups is 1. The van der Waals surface area contributed by atoms with Gasteiger partial charge in [0.2, 0.25) is 0 Å². The smallest absolute Gasteiger partial charge is 0.130 e. The third kappa shape index (κ3) is 2.69. The van der Waals surface area contributed by atoms with E-state index >= 15 is 0 Å². The van der Waals surface area contributed by atoms with Gasteiger partial charge in [0.1, 0.15) is 5.78 Å². The number of Topliss-reactive ketones (excluding diaryl/α,β-unsaturated/α-hetero) is 1. The predicted molar refractivity (Wildman–Crippen MR) is 54.9 cm³/mol. The van der Waals surface area contributed by atoms with Crippen molar-refractivity contribution in [3.05, 3.63) is 34.9 Å². The molecule has 0 unspecified atom stereocenters. The van der Waals surface area contributed by atoms with E-state index in [0.29, 0.717) is 6.42 Å². The van der Waals surface area contributed by atoms with Crippen LogP contribution < -0.4 is 0 Å². The lowest BCUT2D eigenvalue weighted by Crippen LogP contribution is -1.97. The third-order valence-corrected chi connectivity index (χ3v) is 2.46. The van der Waals surface area contributed by atoms with Crippen molar-refractivity contribution in [2.24, 2.45) is 0 Å². The Kier molecular flexibility index (Phi) is 3.24. The quantitative estimate of drug-likeness (QED) is 0.692. The summed E-state index contributed by atoms with van der Waals surface area (Å²) in [4.78, 5) is 10.8. The first-order chi connectivity index (χ1) is 6.11. The Labute approximate surface area is 79.8 Å². The number of hydrogen-bond acceptors (Lipinski definition) is 1. The van der Waals surface area contributed by atoms with Crippen molar-refractivity contribution in [2.75, 3.05) is 0 Å². The van der Waals surface area contributed by atoms with Crippen molar-refractivity contribution < 1.29 is 4.79 Å². The molecule has 0 atom stereocenters. The highest BCUT2D eigenvalue weighted by Crippen LogP contribution is 2.14. The van der Waals surface area contributed by atoms with Gasteiger partial charge in [0.05, 0.1) is 0 Å². The van der Waals surface area contributed by atoms with E-state index in [2.05, 4.69) is 32.0 Å². The summed E-state index contributed by atoms with van der Waals surface area (Å²) in [5.41, 5.74) is 3.93. The molecule has 70 valence electrons. The van der Waals surface area contributed by atoms with Crippen LogP contribution in [0.5, 0.6) is 0 Å². The maximum absolute atomic E-state index is 10.8. The Morgan fingerprint density at radius 2 is 2.00 bits per heavy atom. The average molecular weight is 176 g/mol. The molecule has 0 bridgehead atoms. The topological polar surface area (TPSA) is 17.1 Å². The van der Waals surface area contributed by atoms with E-state index in [-0.39, 0.29) is 5.78 Å². The van der Waals surface area contributed by atoms with Crippen LogP contribution >= 0.6 is 0 Å². The van der Waals surface area contributed by atoms with Crippen LogP contribution in [0.3, 0.4) is 0 Å². The number of benzene rings is 1. The van der Waals surface area contributed by atoms with Crippen LogP contribution in [0.2, 0.25) is 0 Å². The highest BCUT2D eigenvalue weighted by Gasteiger charge is 2.01. The van der Waals surface area contributed by atoms with Crippen molar-refractivity contribution in [1.82, 2.24) is 0 Å². The molecule has 1 aromatic rings. The van der Waals surface area contributed by atoms with Crippen molar-refractivity contribution in [2.45, 2.75) is 33.6 Å². The zero-order chi connectivity index (χ0) is 9.84. The van der Waals surface area contributed by atoms with E-state index in [4.69, 9.17) is 0 Å². The predicted octanol–water partition coefficient (Wildman–Crippen LogP) is 2.83. The molecule has 0 saturated heterocycles. The first kappa shape index (κ1) is 9.97. The first-order valence-electron chi connectivity index (χ1n) is 4.66. The summed E-state index contributed by atoms with van der Waals surface area (Å²) in [6.45, 7) is 5.86. The summed E-state index contributed by atoms with van der Waals surface area (Å²) in [7, 11) is 0. The van der Waals surface area contributed by atoms with Crippen molar-refractivity contribution in [3.8, 4) is 0 Å². The van der Waals surface area contributed by atoms with Crippen LogP contribution in [0, 0.1) is 13.8 Å². The molecule has 13 heavy (non-hydrogen) atoms. The van der Waals surface area contributed by atoms with E-state index in [1.165, 1.54) is 16.7 Å². The van der Waals surface area contributed by atoms with E-state index in [9.17, 15) is 4.79 Å². The summed E-state index contributed by atoms with van der Waals surface area (Å²) in [5, 5.41) is 0. The fourth-order valence-electron chi connectivity index (χ4n) is 1.39. The van der Waals surface area contributed by atoms with Gasteiger partial charge in [-0.1, -0.05) is 18.2 Å². The summed E-state index contributed by atoms with van der Waals surface area (Å²) >= 11 is 0. The maximum Gasteiger partial charge on any atom is 0.130 e. The van der Waals surface area contributed by atoms with Gasteiger partial charge in [-0.15, -0.1) is 0 Å². The summed E-state index contributed by atoms with van der Waals surface area (Å²) in [6, 6.07) is 6.26. The van der Waals surface area contributed by atoms with Crippen molar-refractivity contribution in [3.63, 3.8) is 0 Å². The molecule has 1 heteroatoms. The molecule has 1 rings (SSSR count). The molecular formula is C12H16O. The van der Waals surface area contributed by atoms with Crippen LogP contribution in [0.15, 0.2) is 18.2 Å². The fourth-order valence-corrected chi connectivity index (χ4v) is 1.39. The molecule has 0 radical (unpaired) electrons. The van der Waals surface area contributed by atoms with Crippen molar-refractivity contribution >= 4 is 5.78 Å². The first-order valence-corrected chi connectivity index (χ1v) is 4.66. The zero-order valence-corrected chi connectivity index (χ0v) is 8.55. The molecule has 0 aliphatic heterocycles. The monoisotopic (exact) mass is 176 g/mol. The molecular weight excluding hydrogens is 160 g/mol. The Bertz CT molecular complexity index is 313. The van der Waals surface area contributed by atoms with Gasteiger partial charge in [-0.2, -0.15) is 0 Å². The van der Waals surface area contributed by atoms with Crippen LogP contribution in [0.4, 0.5) is 0 Å². The van der Waals surface area contributed by atoms with E-state index < -0.39 is 0 Å². The molecule has 0 heterocycles. The Balaban J connectivity index is 2.77. The van der Waals surface area contributed by atoms with Crippen molar-refractivity contribution in [1.29, 1.82) is 0 Å². The minimum Gasteiger partial charge on any atom is -0.300 e. The Hall–Kier alpha value is -1.11. The van der Waals surface area contributed by atoms with Crippen LogP contribution in [0.1, 0.15) is 30.0 Å². The number of ketones is 1. The number of hydrogen-bond donors (Lipinski definition) is 0. The van der Waals surface area contributed by atoms with E-state index in [1.807, 2.05) is 0 Å². The SMILES string of the molecule is CC(=O)CCc1cccc(C)c1C. The lowest BCUT2D eigenvalue weighted by atomic mass is 9.99. The maximum atomic E-state index is 10.8. The fraction of sp³-hybridized carbons (Fsp3) is 0.417. The molecule has 0 aliphatic carbocycles. The van der Waals surface area contributed by atoms with Gasteiger partial charge in [0, 0.05) is 6.42 Å². The molecule has 0 spiro atoms. The Morgan fingerprint density at radius 1 is 1.31 bits per heavy atom. The van der Waals surface area contributed by atoms with Gasteiger partial charge in [-0.05, 0) is 43.9 Å². The van der Waals surface area contributed by atoms with Gasteiger partial charge in [0.15, 0.2) is 0 Å². The van der Waals surface area contributed by atoms with Gasteiger partial charge < -0.3 is 4.79 Å². The van der Waals surface area contributed by atoms with Gasteiger partial charge >= 0.3 is 0 Å². The molecule has 0 fully saturated rings. The second kappa shape index (κ2) is 4.22. The summed E-state index contributed by atoms with van der Waals surface area (Å²) in [6.07, 6.45) is 1.53. The normalized spacial score (nSPS) is 10.1. The highest BCUT2D eigenvalue weighted by atomic mass is 16.1. The second-order valence-electron chi connectivity index (χ2n) is 3.56. The largest absolute Gasteiger partial charge is 0.300 e. The van der Waals surface area contributed by atoms with Crippen LogP contribution in [0.25, 0.3) is 0 Å². The lowest BCUT2D eigenvalue weighted by molar-refractivity contribution is -0.116. The van der Waals surface area contributed by atoms with E-state index in [1.54, 1.807) is 6.92 Å². The lowest BCUT2D eigenvalue weighted by Gasteiger charge is -2.06. The highest BCUT2D eigenvalue weighted by molar-refractivity contribution is 5.75. The molecule has 0 N–H and O–H groups in total. The minimum absolute atomic E-state index is 0.265. The van der Waals surface area contributed by atoms with Gasteiger partial charge in [-0.25, -0.2) is 0 Å². The summed E-state index contributed by atoms with van der Waals surface area (Å²) in [5.74, 6) is 0.265. The third-order valence-electron chi connectivity index (χ3n) is 2.46. The number of carbonyl (C=O) groups excluding carboxylic acids is 1. The summed E-state index contributed by atoms with van der Waals surface area (Å²) < 4.78 is 0. The molecule has 1 aromatic carbocycles. The molecule has 0 aliphatic rings. The average Bonchev–Trinajstić information content (AvgIpc) is 2.07.